The fourth-order valence-corrected chi connectivity index (χ4v) is 1.82. The van der Waals surface area contributed by atoms with Gasteiger partial charge in [0.25, 0.3) is 0 Å². The van der Waals surface area contributed by atoms with E-state index in [1.54, 1.807) is 0 Å². The van der Waals surface area contributed by atoms with Crippen LogP contribution in [-0.2, 0) is 4.74 Å². The highest BCUT2D eigenvalue weighted by Gasteiger charge is 2.59. The first-order valence-corrected chi connectivity index (χ1v) is 5.16. The van der Waals surface area contributed by atoms with Crippen LogP contribution >= 0.6 is 0 Å². The average molecular weight is 254 g/mol. The van der Waals surface area contributed by atoms with Gasteiger partial charge >= 0.3 is 0 Å². The average Bonchev–Trinajstić information content (AvgIpc) is 2.50. The maximum absolute atomic E-state index is 9.87. The van der Waals surface area contributed by atoms with E-state index in [0.717, 1.165) is 0 Å². The summed E-state index contributed by atoms with van der Waals surface area (Å²) in [7, 11) is 0. The number of hydrogen-bond acceptors (Lipinski definition) is 8. The van der Waals surface area contributed by atoms with Gasteiger partial charge < -0.3 is 40.5 Å². The third kappa shape index (κ3) is 2.59. The first-order valence-electron chi connectivity index (χ1n) is 5.16. The Hall–Kier alpha value is -0.320. The molecule has 0 spiro atoms. The zero-order valence-corrected chi connectivity index (χ0v) is 9.05. The van der Waals surface area contributed by atoms with Gasteiger partial charge in [-0.3, -0.25) is 0 Å². The van der Waals surface area contributed by atoms with Gasteiger partial charge in [-0.15, -0.1) is 0 Å². The highest BCUT2D eigenvalue weighted by molar-refractivity contribution is 5.10. The van der Waals surface area contributed by atoms with Gasteiger partial charge in [-0.25, -0.2) is 0 Å². The van der Waals surface area contributed by atoms with Crippen LogP contribution in [0.3, 0.4) is 0 Å². The van der Waals surface area contributed by atoms with Crippen LogP contribution < -0.4 is 0 Å². The summed E-state index contributed by atoms with van der Waals surface area (Å²) < 4.78 is 4.93. The van der Waals surface area contributed by atoms with E-state index in [1.165, 1.54) is 0 Å². The van der Waals surface area contributed by atoms with Crippen molar-refractivity contribution >= 4 is 0 Å². The van der Waals surface area contributed by atoms with Crippen LogP contribution in [0.4, 0.5) is 0 Å². The first kappa shape index (κ1) is 14.7. The SMILES string of the molecule is OC[C@H](O)CO[C@H]1[C@H](O)[C@@H](O)[C@@H](O)[C@@]1(O)CO. The maximum atomic E-state index is 9.87. The smallest absolute Gasteiger partial charge is 0.145 e. The molecule has 0 saturated heterocycles. The van der Waals surface area contributed by atoms with Crippen molar-refractivity contribution in [1.29, 1.82) is 0 Å². The molecule has 0 aliphatic heterocycles. The molecule has 0 unspecified atom stereocenters. The highest BCUT2D eigenvalue weighted by Crippen LogP contribution is 2.33. The predicted molar refractivity (Wildman–Crippen MR) is 52.9 cm³/mol. The van der Waals surface area contributed by atoms with E-state index >= 15 is 0 Å². The highest BCUT2D eigenvalue weighted by atomic mass is 16.5. The normalized spacial score (nSPS) is 43.9. The van der Waals surface area contributed by atoms with E-state index in [2.05, 4.69) is 0 Å². The number of rotatable bonds is 5. The monoisotopic (exact) mass is 254 g/mol. The van der Waals surface area contributed by atoms with Crippen LogP contribution in [0.25, 0.3) is 0 Å². The van der Waals surface area contributed by atoms with Crippen LogP contribution in [0.15, 0.2) is 0 Å². The predicted octanol–water partition coefficient (Wildman–Crippen LogP) is -4.46. The molecule has 0 heterocycles. The van der Waals surface area contributed by atoms with Gasteiger partial charge in [0.2, 0.25) is 0 Å². The largest absolute Gasteiger partial charge is 0.394 e. The van der Waals surface area contributed by atoms with Gasteiger partial charge in [-0.2, -0.15) is 0 Å². The van der Waals surface area contributed by atoms with Crippen molar-refractivity contribution in [3.63, 3.8) is 0 Å². The standard InChI is InChI=1S/C9H18O8/c10-1-4(12)2-17-8-6(14)5(13)7(15)9(8,16)3-11/h4-8,10-16H,1-3H2/t4-,5+,6+,7+,8-,9-/m0/s1. The third-order valence-electron chi connectivity index (χ3n) is 2.92. The van der Waals surface area contributed by atoms with E-state index in [9.17, 15) is 20.4 Å². The summed E-state index contributed by atoms with van der Waals surface area (Å²) in [4.78, 5) is 0. The summed E-state index contributed by atoms with van der Waals surface area (Å²) in [6.07, 6.45) is -7.71. The fraction of sp³-hybridized carbons (Fsp3) is 1.00. The molecule has 1 rings (SSSR count). The molecular formula is C9H18O8. The lowest BCUT2D eigenvalue weighted by Crippen LogP contribution is -2.53. The molecule has 17 heavy (non-hydrogen) atoms. The lowest BCUT2D eigenvalue weighted by molar-refractivity contribution is -0.178. The number of aliphatic hydroxyl groups is 7. The molecule has 0 aromatic heterocycles. The molecule has 0 bridgehead atoms. The molecule has 1 aliphatic rings. The van der Waals surface area contributed by atoms with Crippen molar-refractivity contribution in [2.24, 2.45) is 0 Å². The minimum absolute atomic E-state index is 0.417. The number of aliphatic hydroxyl groups excluding tert-OH is 6. The lowest BCUT2D eigenvalue weighted by Gasteiger charge is -2.31. The van der Waals surface area contributed by atoms with Crippen molar-refractivity contribution in [2.75, 3.05) is 19.8 Å². The molecule has 1 saturated carbocycles. The van der Waals surface area contributed by atoms with Gasteiger partial charge in [-0.1, -0.05) is 0 Å². The Morgan fingerprint density at radius 3 is 2.18 bits per heavy atom. The van der Waals surface area contributed by atoms with E-state index in [1.807, 2.05) is 0 Å². The molecule has 0 amide bonds. The van der Waals surface area contributed by atoms with Crippen molar-refractivity contribution in [2.45, 2.75) is 36.1 Å². The lowest BCUT2D eigenvalue weighted by atomic mass is 9.98. The van der Waals surface area contributed by atoms with Crippen LogP contribution in [0.5, 0.6) is 0 Å². The van der Waals surface area contributed by atoms with Crippen LogP contribution in [0.1, 0.15) is 0 Å². The molecule has 1 aliphatic carbocycles. The summed E-state index contributed by atoms with van der Waals surface area (Å²) in [6.45, 7) is -1.92. The Morgan fingerprint density at radius 2 is 1.71 bits per heavy atom. The minimum atomic E-state index is -2.21. The van der Waals surface area contributed by atoms with E-state index in [4.69, 9.17) is 20.1 Å². The zero-order valence-electron chi connectivity index (χ0n) is 9.05. The van der Waals surface area contributed by atoms with Gasteiger partial charge in [0.05, 0.1) is 19.8 Å². The second-order valence-corrected chi connectivity index (χ2v) is 4.17. The Bertz CT molecular complexity index is 249. The number of ether oxygens (including phenoxy) is 1. The van der Waals surface area contributed by atoms with Gasteiger partial charge in [0, 0.05) is 0 Å². The molecule has 8 nitrogen and oxygen atoms in total. The van der Waals surface area contributed by atoms with Crippen molar-refractivity contribution in [1.82, 2.24) is 0 Å². The molecule has 0 aromatic rings. The summed E-state index contributed by atoms with van der Waals surface area (Å²) >= 11 is 0. The Kier molecular flexibility index (Phi) is 4.81. The van der Waals surface area contributed by atoms with Crippen molar-refractivity contribution < 1.29 is 40.5 Å². The number of hydrogen-bond donors (Lipinski definition) is 7. The van der Waals surface area contributed by atoms with Crippen LogP contribution in [0.2, 0.25) is 0 Å². The van der Waals surface area contributed by atoms with Gasteiger partial charge in [0.15, 0.2) is 0 Å². The quantitative estimate of drug-likeness (QED) is 0.259. The molecule has 6 atom stereocenters. The van der Waals surface area contributed by atoms with Gasteiger partial charge in [-0.05, 0) is 0 Å². The Labute approximate surface area is 97.3 Å². The molecular weight excluding hydrogens is 236 g/mol. The first-order chi connectivity index (χ1) is 7.88. The maximum Gasteiger partial charge on any atom is 0.145 e. The molecule has 1 fully saturated rings. The van der Waals surface area contributed by atoms with Crippen LogP contribution in [-0.4, -0.2) is 91.7 Å². The Morgan fingerprint density at radius 1 is 1.12 bits per heavy atom. The molecule has 0 aromatic carbocycles. The van der Waals surface area contributed by atoms with Crippen molar-refractivity contribution in [3.8, 4) is 0 Å². The molecule has 7 N–H and O–H groups in total. The fourth-order valence-electron chi connectivity index (χ4n) is 1.82. The van der Waals surface area contributed by atoms with E-state index in [0.29, 0.717) is 0 Å². The van der Waals surface area contributed by atoms with Crippen LogP contribution in [0, 0.1) is 0 Å². The summed E-state index contributed by atoms with van der Waals surface area (Å²) in [5.41, 5.74) is -2.21. The minimum Gasteiger partial charge on any atom is -0.394 e. The summed E-state index contributed by atoms with van der Waals surface area (Å²) in [5.74, 6) is 0. The van der Waals surface area contributed by atoms with E-state index in [-0.39, 0.29) is 0 Å². The second kappa shape index (κ2) is 5.55. The summed E-state index contributed by atoms with van der Waals surface area (Å²) in [5, 5.41) is 64.8. The molecule has 8 heteroatoms. The van der Waals surface area contributed by atoms with Crippen molar-refractivity contribution in [3.05, 3.63) is 0 Å². The topological polar surface area (TPSA) is 151 Å². The molecule has 102 valence electrons. The zero-order chi connectivity index (χ0) is 13.2. The van der Waals surface area contributed by atoms with E-state index < -0.39 is 55.9 Å². The Balaban J connectivity index is 2.73. The molecule has 0 radical (unpaired) electrons. The van der Waals surface area contributed by atoms with Gasteiger partial charge in [0.1, 0.15) is 36.1 Å². The third-order valence-corrected chi connectivity index (χ3v) is 2.92. The summed E-state index contributed by atoms with van der Waals surface area (Å²) in [6, 6.07) is 0. The second-order valence-electron chi connectivity index (χ2n) is 4.17.